The number of benzene rings is 1. The van der Waals surface area contributed by atoms with Crippen LogP contribution in [0.4, 0.5) is 4.39 Å². The van der Waals surface area contributed by atoms with Crippen molar-refractivity contribution in [3.8, 4) is 17.1 Å². The molecule has 0 aliphatic heterocycles. The van der Waals surface area contributed by atoms with Gasteiger partial charge in [0.2, 0.25) is 0 Å². The normalized spacial score (nSPS) is 11.3. The number of halogens is 1. The van der Waals surface area contributed by atoms with E-state index >= 15 is 0 Å². The van der Waals surface area contributed by atoms with Crippen LogP contribution in [0.25, 0.3) is 28.2 Å². The van der Waals surface area contributed by atoms with Crippen LogP contribution < -0.4 is 4.74 Å². The standard InChI is InChI=1S/C19H18FN5O/c1-3-4-10-26-13-7-8-15(20)14(11-13)18-24-23-17-12(2)22-16-6-5-9-21-19(16)25(17)18/h5-9,11H,3-4,10H2,1-2H3. The second kappa shape index (κ2) is 6.67. The minimum atomic E-state index is -0.388. The van der Waals surface area contributed by atoms with E-state index in [4.69, 9.17) is 4.74 Å². The fourth-order valence-electron chi connectivity index (χ4n) is 2.87. The maximum atomic E-state index is 14.6. The van der Waals surface area contributed by atoms with Crippen molar-refractivity contribution in [1.82, 2.24) is 24.6 Å². The molecule has 1 aromatic carbocycles. The van der Waals surface area contributed by atoms with E-state index in [1.807, 2.05) is 19.1 Å². The minimum Gasteiger partial charge on any atom is -0.494 e. The molecule has 0 bridgehead atoms. The summed E-state index contributed by atoms with van der Waals surface area (Å²) in [5, 5.41) is 8.41. The van der Waals surface area contributed by atoms with Crippen molar-refractivity contribution < 1.29 is 9.13 Å². The molecule has 0 aliphatic rings. The number of aromatic nitrogens is 5. The van der Waals surface area contributed by atoms with Gasteiger partial charge in [0.1, 0.15) is 17.1 Å². The van der Waals surface area contributed by atoms with Crippen molar-refractivity contribution >= 4 is 16.8 Å². The summed E-state index contributed by atoms with van der Waals surface area (Å²) < 4.78 is 22.0. The topological polar surface area (TPSA) is 65.2 Å². The zero-order valence-corrected chi connectivity index (χ0v) is 14.6. The van der Waals surface area contributed by atoms with Gasteiger partial charge in [0.25, 0.3) is 0 Å². The van der Waals surface area contributed by atoms with E-state index in [2.05, 4.69) is 27.1 Å². The van der Waals surface area contributed by atoms with Gasteiger partial charge in [-0.2, -0.15) is 0 Å². The largest absolute Gasteiger partial charge is 0.494 e. The van der Waals surface area contributed by atoms with Gasteiger partial charge >= 0.3 is 0 Å². The molecule has 0 amide bonds. The van der Waals surface area contributed by atoms with Crippen LogP contribution in [0, 0.1) is 12.7 Å². The first-order chi connectivity index (χ1) is 12.7. The van der Waals surface area contributed by atoms with Crippen LogP contribution in [-0.4, -0.2) is 31.2 Å². The lowest BCUT2D eigenvalue weighted by molar-refractivity contribution is 0.309. The third-order valence-corrected chi connectivity index (χ3v) is 4.20. The lowest BCUT2D eigenvalue weighted by Gasteiger charge is -2.09. The molecule has 4 rings (SSSR count). The molecule has 0 radical (unpaired) electrons. The van der Waals surface area contributed by atoms with Crippen LogP contribution in [0.1, 0.15) is 25.5 Å². The monoisotopic (exact) mass is 351 g/mol. The lowest BCUT2D eigenvalue weighted by Crippen LogP contribution is -2.01. The van der Waals surface area contributed by atoms with Crippen molar-refractivity contribution in [2.45, 2.75) is 26.7 Å². The van der Waals surface area contributed by atoms with Crippen LogP contribution in [-0.2, 0) is 0 Å². The molecule has 26 heavy (non-hydrogen) atoms. The first-order valence-corrected chi connectivity index (χ1v) is 8.58. The maximum Gasteiger partial charge on any atom is 0.184 e. The fourth-order valence-corrected chi connectivity index (χ4v) is 2.87. The van der Waals surface area contributed by atoms with Crippen LogP contribution in [0.15, 0.2) is 36.5 Å². The van der Waals surface area contributed by atoms with Crippen molar-refractivity contribution in [3.63, 3.8) is 0 Å². The molecular weight excluding hydrogens is 333 g/mol. The van der Waals surface area contributed by atoms with E-state index in [1.165, 1.54) is 6.07 Å². The van der Waals surface area contributed by atoms with Crippen LogP contribution in [0.3, 0.4) is 0 Å². The van der Waals surface area contributed by atoms with Crippen molar-refractivity contribution in [3.05, 3.63) is 48.0 Å². The number of ether oxygens (including phenoxy) is 1. The molecule has 3 aromatic heterocycles. The highest BCUT2D eigenvalue weighted by Gasteiger charge is 2.18. The van der Waals surface area contributed by atoms with Crippen LogP contribution in [0.5, 0.6) is 5.75 Å². The third-order valence-electron chi connectivity index (χ3n) is 4.20. The van der Waals surface area contributed by atoms with E-state index < -0.39 is 0 Å². The van der Waals surface area contributed by atoms with E-state index in [1.54, 1.807) is 22.7 Å². The summed E-state index contributed by atoms with van der Waals surface area (Å²) in [5.41, 5.74) is 2.88. The predicted molar refractivity (Wildman–Crippen MR) is 96.6 cm³/mol. The Morgan fingerprint density at radius 2 is 2.04 bits per heavy atom. The van der Waals surface area contributed by atoms with Gasteiger partial charge in [-0.1, -0.05) is 13.3 Å². The van der Waals surface area contributed by atoms with Gasteiger partial charge in [0, 0.05) is 6.20 Å². The van der Waals surface area contributed by atoms with Gasteiger partial charge in [-0.05, 0) is 43.7 Å². The quantitative estimate of drug-likeness (QED) is 0.509. The third kappa shape index (κ3) is 2.75. The van der Waals surface area contributed by atoms with Gasteiger partial charge < -0.3 is 4.74 Å². The second-order valence-electron chi connectivity index (χ2n) is 6.07. The number of hydrogen-bond donors (Lipinski definition) is 0. The molecular formula is C19H18FN5O. The van der Waals surface area contributed by atoms with E-state index in [0.29, 0.717) is 46.2 Å². The van der Waals surface area contributed by atoms with E-state index in [-0.39, 0.29) is 5.82 Å². The zero-order chi connectivity index (χ0) is 18.1. The summed E-state index contributed by atoms with van der Waals surface area (Å²) in [6, 6.07) is 8.35. The second-order valence-corrected chi connectivity index (χ2v) is 6.07. The molecule has 4 aromatic rings. The molecule has 0 saturated carbocycles. The maximum absolute atomic E-state index is 14.6. The molecule has 0 spiro atoms. The summed E-state index contributed by atoms with van der Waals surface area (Å²) in [6.45, 7) is 4.53. The zero-order valence-electron chi connectivity index (χ0n) is 14.6. The lowest BCUT2D eigenvalue weighted by atomic mass is 10.2. The number of unbranched alkanes of at least 4 members (excludes halogenated alkanes) is 1. The summed E-state index contributed by atoms with van der Waals surface area (Å²) in [7, 11) is 0. The van der Waals surface area contributed by atoms with Crippen molar-refractivity contribution in [1.29, 1.82) is 0 Å². The first-order valence-electron chi connectivity index (χ1n) is 8.58. The highest BCUT2D eigenvalue weighted by atomic mass is 19.1. The number of rotatable bonds is 5. The Kier molecular flexibility index (Phi) is 4.20. The Balaban J connectivity index is 1.91. The van der Waals surface area contributed by atoms with Gasteiger partial charge in [-0.25, -0.2) is 14.4 Å². The number of nitrogens with zero attached hydrogens (tertiary/aromatic N) is 5. The molecule has 0 aliphatic carbocycles. The Hall–Kier alpha value is -3.09. The summed E-state index contributed by atoms with van der Waals surface area (Å²) >= 11 is 0. The predicted octanol–water partition coefficient (Wildman–Crippen LogP) is 3.97. The number of aryl methyl sites for hydroxylation is 1. The summed E-state index contributed by atoms with van der Waals surface area (Å²) in [5.74, 6) is 0.600. The Labute approximate surface area is 149 Å². The van der Waals surface area contributed by atoms with Gasteiger partial charge in [-0.15, -0.1) is 10.2 Å². The van der Waals surface area contributed by atoms with Crippen LogP contribution in [0.2, 0.25) is 0 Å². The SMILES string of the molecule is CCCCOc1ccc(F)c(-c2nnc3c(C)nc4cccnc4n23)c1. The van der Waals surface area contributed by atoms with Crippen molar-refractivity contribution in [2.24, 2.45) is 0 Å². The summed E-state index contributed by atoms with van der Waals surface area (Å²) in [6.07, 6.45) is 3.65. The van der Waals surface area contributed by atoms with Gasteiger partial charge in [0.15, 0.2) is 17.1 Å². The number of fused-ring (bicyclic) bond motifs is 3. The Morgan fingerprint density at radius 1 is 1.15 bits per heavy atom. The van der Waals surface area contributed by atoms with E-state index in [9.17, 15) is 4.39 Å². The summed E-state index contributed by atoms with van der Waals surface area (Å²) in [4.78, 5) is 8.88. The number of hydrogen-bond acceptors (Lipinski definition) is 5. The Morgan fingerprint density at radius 3 is 2.88 bits per heavy atom. The van der Waals surface area contributed by atoms with Gasteiger partial charge in [-0.3, -0.25) is 4.40 Å². The van der Waals surface area contributed by atoms with Gasteiger partial charge in [0.05, 0.1) is 17.9 Å². The Bertz CT molecular complexity index is 1090. The average molecular weight is 351 g/mol. The molecule has 3 heterocycles. The highest BCUT2D eigenvalue weighted by Crippen LogP contribution is 2.28. The van der Waals surface area contributed by atoms with E-state index in [0.717, 1.165) is 12.8 Å². The molecule has 132 valence electrons. The minimum absolute atomic E-state index is 0.323. The smallest absolute Gasteiger partial charge is 0.184 e. The first kappa shape index (κ1) is 16.4. The fraction of sp³-hybridized carbons (Fsp3) is 0.263. The van der Waals surface area contributed by atoms with Crippen molar-refractivity contribution in [2.75, 3.05) is 6.61 Å². The molecule has 0 fully saturated rings. The van der Waals surface area contributed by atoms with Crippen LogP contribution >= 0.6 is 0 Å². The number of pyridine rings is 1. The molecule has 0 atom stereocenters. The molecule has 0 saturated heterocycles. The average Bonchev–Trinajstić information content (AvgIpc) is 3.09. The molecule has 6 nitrogen and oxygen atoms in total. The molecule has 0 N–H and O–H groups in total. The highest BCUT2D eigenvalue weighted by molar-refractivity contribution is 5.77. The molecule has 0 unspecified atom stereocenters. The molecule has 7 heteroatoms.